The fourth-order valence-corrected chi connectivity index (χ4v) is 4.75. The molecular formula is C25H33ClF3N5O2. The molecule has 1 saturated carbocycles. The normalized spacial score (nSPS) is 33.4. The molecule has 11 heteroatoms. The van der Waals surface area contributed by atoms with Crippen LogP contribution in [0.1, 0.15) is 68.8 Å². The minimum Gasteiger partial charge on any atom is -0.496 e. The molecule has 1 N–H and O–H groups in total. The monoisotopic (exact) mass is 538 g/mol. The number of nitrogens with one attached hydrogen (secondary N) is 1. The third-order valence-electron chi connectivity index (χ3n) is 6.62. The zero-order chi connectivity index (χ0) is 34.4. The molecule has 0 bridgehead atoms. The molecule has 7 nitrogen and oxygen atoms in total. The van der Waals surface area contributed by atoms with Gasteiger partial charge in [-0.15, -0.1) is 12.4 Å². The molecule has 36 heavy (non-hydrogen) atoms. The van der Waals surface area contributed by atoms with Crippen LogP contribution in [0.3, 0.4) is 0 Å². The van der Waals surface area contributed by atoms with Gasteiger partial charge in [0.1, 0.15) is 18.0 Å². The van der Waals surface area contributed by atoms with E-state index in [9.17, 15) is 18.0 Å². The summed E-state index contributed by atoms with van der Waals surface area (Å²) in [5, 5.41) is 5.81. The summed E-state index contributed by atoms with van der Waals surface area (Å²) >= 11 is 0. The summed E-state index contributed by atoms with van der Waals surface area (Å²) in [5.41, 5.74) is -0.691. The van der Waals surface area contributed by atoms with Gasteiger partial charge in [0.05, 0.1) is 22.9 Å². The number of hydrogen-bond donors (Lipinski definition) is 1. The molecular weight excluding hydrogens is 495 g/mol. The number of piperazine rings is 1. The zero-order valence-electron chi connectivity index (χ0n) is 30.2. The van der Waals surface area contributed by atoms with Gasteiger partial charge in [0.15, 0.2) is 0 Å². The minimum absolute atomic E-state index is 0. The molecule has 0 unspecified atom stereocenters. The number of amides is 1. The Morgan fingerprint density at radius 3 is 2.69 bits per heavy atom. The number of carbonyl (C=O) groups is 1. The smallest absolute Gasteiger partial charge is 0.433 e. The number of aromatic nitrogens is 2. The van der Waals surface area contributed by atoms with Crippen LogP contribution in [0.2, 0.25) is 0 Å². The Morgan fingerprint density at radius 1 is 1.28 bits per heavy atom. The molecule has 1 aromatic carbocycles. The number of ether oxygens (including phenoxy) is 1. The van der Waals surface area contributed by atoms with E-state index in [1.807, 2.05) is 0 Å². The summed E-state index contributed by atoms with van der Waals surface area (Å²) in [6, 6.07) is 2.13. The van der Waals surface area contributed by atoms with E-state index in [0.717, 1.165) is 11.0 Å². The minimum atomic E-state index is -4.84. The first-order valence-electron chi connectivity index (χ1n) is 16.7. The maximum Gasteiger partial charge on any atom is 0.433 e. The van der Waals surface area contributed by atoms with E-state index in [-0.39, 0.29) is 53.9 Å². The fraction of sp³-hybridized carbons (Fsp3) is 0.600. The van der Waals surface area contributed by atoms with Gasteiger partial charge < -0.3 is 15.0 Å². The Morgan fingerprint density at radius 2 is 2.03 bits per heavy atom. The molecule has 0 radical (unpaired) electrons. The number of nitrogens with zero attached hydrogens (tertiary/aromatic N) is 4. The first kappa shape index (κ1) is 15.8. The Kier molecular flexibility index (Phi) is 4.66. The lowest BCUT2D eigenvalue weighted by molar-refractivity contribution is -0.146. The second kappa shape index (κ2) is 10.6. The number of alkyl halides is 3. The van der Waals surface area contributed by atoms with E-state index >= 15 is 0 Å². The van der Waals surface area contributed by atoms with Crippen LogP contribution < -0.4 is 10.1 Å². The highest BCUT2D eigenvalue weighted by Crippen LogP contribution is 2.42. The van der Waals surface area contributed by atoms with E-state index < -0.39 is 69.4 Å². The molecule has 3 aliphatic rings. The van der Waals surface area contributed by atoms with Gasteiger partial charge >= 0.3 is 6.18 Å². The first-order valence-corrected chi connectivity index (χ1v) is 11.2. The van der Waals surface area contributed by atoms with Crippen LogP contribution in [0.5, 0.6) is 5.75 Å². The van der Waals surface area contributed by atoms with E-state index in [1.54, 1.807) is 5.32 Å². The largest absolute Gasteiger partial charge is 0.496 e. The van der Waals surface area contributed by atoms with Gasteiger partial charge in [-0.3, -0.25) is 14.4 Å². The predicted octanol–water partition coefficient (Wildman–Crippen LogP) is 3.77. The maximum absolute atomic E-state index is 14.0. The number of hydrogen-bond acceptors (Lipinski definition) is 5. The van der Waals surface area contributed by atoms with Crippen molar-refractivity contribution >= 4 is 18.3 Å². The molecule has 3 fully saturated rings. The average molecular weight is 539 g/mol. The molecule has 2 aromatic rings. The lowest BCUT2D eigenvalue weighted by atomic mass is 9.94. The highest BCUT2D eigenvalue weighted by atomic mass is 35.5. The molecule has 198 valence electrons. The molecule has 1 amide bonds. The quantitative estimate of drug-likeness (QED) is 0.607. The number of likely N-dealkylation sites (tertiary alicyclic amines) is 1. The highest BCUT2D eigenvalue weighted by Gasteiger charge is 2.44. The van der Waals surface area contributed by atoms with E-state index in [1.165, 1.54) is 25.1 Å². The number of halogens is 4. The Bertz CT molecular complexity index is 1490. The van der Waals surface area contributed by atoms with Gasteiger partial charge in [-0.2, -0.15) is 18.3 Å². The SMILES string of the molecule is Cl.[2H]C([2H])([2H])Oc1cccc([C@H]2[C@@H](N3C([2H])([2H])C([2H])([2H])NC([2H])([2H])C3([2H])[2H])CCN2C(=O)Cn2nc(C3CC3)cc2C(F)(F)F)c1C. The third kappa shape index (κ3) is 5.21. The van der Waals surface area contributed by atoms with Crippen molar-refractivity contribution in [3.05, 3.63) is 46.8 Å². The molecule has 5 rings (SSSR count). The van der Waals surface area contributed by atoms with Crippen LogP contribution in [-0.2, 0) is 17.5 Å². The first-order chi connectivity index (χ1) is 20.9. The summed E-state index contributed by atoms with van der Waals surface area (Å²) < 4.78 is 138. The van der Waals surface area contributed by atoms with Crippen molar-refractivity contribution in [2.75, 3.05) is 39.6 Å². The summed E-state index contributed by atoms with van der Waals surface area (Å²) in [6.45, 7) is -12.5. The summed E-state index contributed by atoms with van der Waals surface area (Å²) in [7, 11) is -2.90. The van der Waals surface area contributed by atoms with Crippen molar-refractivity contribution in [3.63, 3.8) is 0 Å². The van der Waals surface area contributed by atoms with Crippen molar-refractivity contribution in [1.29, 1.82) is 0 Å². The summed E-state index contributed by atoms with van der Waals surface area (Å²) in [5.74, 6) is -1.23. The van der Waals surface area contributed by atoms with Crippen molar-refractivity contribution in [1.82, 2.24) is 24.9 Å². The molecule has 2 aliphatic heterocycles. The third-order valence-corrected chi connectivity index (χ3v) is 6.62. The lowest BCUT2D eigenvalue weighted by Crippen LogP contribution is -2.50. The second-order valence-electron chi connectivity index (χ2n) is 8.81. The highest BCUT2D eigenvalue weighted by molar-refractivity contribution is 5.85. The molecule has 1 aliphatic carbocycles. The Hall–Kier alpha value is -2.30. The molecule has 0 spiro atoms. The van der Waals surface area contributed by atoms with Crippen LogP contribution in [0, 0.1) is 6.92 Å². The van der Waals surface area contributed by atoms with Crippen LogP contribution in [0.15, 0.2) is 24.3 Å². The topological polar surface area (TPSA) is 62.6 Å². The van der Waals surface area contributed by atoms with Crippen LogP contribution in [0.4, 0.5) is 13.2 Å². The molecule has 1 aromatic heterocycles. The lowest BCUT2D eigenvalue weighted by Gasteiger charge is -2.38. The van der Waals surface area contributed by atoms with Gasteiger partial charge in [0.2, 0.25) is 5.91 Å². The zero-order valence-corrected chi connectivity index (χ0v) is 20.0. The number of benzene rings is 1. The van der Waals surface area contributed by atoms with Crippen molar-refractivity contribution < 1.29 is 37.8 Å². The Balaban J connectivity index is 0.00000500. The standard InChI is InChI=1S/C25H32F3N5O2.ClH/c1-16-18(4-3-5-21(16)35-2)24-20(31-12-9-29-10-13-31)8-11-32(24)23(34)15-33-22(25(26,27)28)14-19(30-33)17-6-7-17;/h3-5,14,17,20,24,29H,6-13,15H2,1-2H3;1H/t20-,24-;/m0./s1/i2D3,9D2,10D2,12D2,13D2;. The summed E-state index contributed by atoms with van der Waals surface area (Å²) in [4.78, 5) is 15.4. The van der Waals surface area contributed by atoms with E-state index in [2.05, 4.69) is 5.10 Å². The van der Waals surface area contributed by atoms with Crippen molar-refractivity contribution in [2.45, 2.75) is 56.9 Å². The predicted molar refractivity (Wildman–Crippen MR) is 131 cm³/mol. The van der Waals surface area contributed by atoms with E-state index in [4.69, 9.17) is 19.8 Å². The summed E-state index contributed by atoms with van der Waals surface area (Å²) in [6.07, 6.45) is -3.78. The number of methoxy groups -OCH3 is 1. The Labute approximate surface area is 230 Å². The maximum atomic E-state index is 14.0. The average Bonchev–Trinajstić information content (AvgIpc) is 3.50. The molecule has 2 saturated heterocycles. The van der Waals surface area contributed by atoms with Gasteiger partial charge in [0.25, 0.3) is 0 Å². The van der Waals surface area contributed by atoms with Crippen LogP contribution in [0.25, 0.3) is 0 Å². The van der Waals surface area contributed by atoms with Crippen LogP contribution in [-0.4, -0.2) is 71.1 Å². The van der Waals surface area contributed by atoms with Gasteiger partial charge in [-0.1, -0.05) is 12.1 Å². The number of rotatable bonds is 6. The van der Waals surface area contributed by atoms with Gasteiger partial charge in [-0.05, 0) is 49.4 Å². The molecule has 2 atom stereocenters. The second-order valence-corrected chi connectivity index (χ2v) is 8.81. The van der Waals surface area contributed by atoms with Crippen LogP contribution >= 0.6 is 12.4 Å². The molecule has 3 heterocycles. The fourth-order valence-electron chi connectivity index (χ4n) is 4.75. The van der Waals surface area contributed by atoms with Gasteiger partial charge in [0, 0.05) is 55.5 Å². The number of carbonyl (C=O) groups excluding carboxylic acids is 1. The van der Waals surface area contributed by atoms with Gasteiger partial charge in [-0.25, -0.2) is 0 Å². The van der Waals surface area contributed by atoms with E-state index in [0.29, 0.717) is 22.4 Å². The van der Waals surface area contributed by atoms with Crippen molar-refractivity contribution in [3.8, 4) is 5.75 Å². The van der Waals surface area contributed by atoms with Crippen molar-refractivity contribution in [2.24, 2.45) is 0 Å².